The van der Waals surface area contributed by atoms with Crippen molar-refractivity contribution in [2.45, 2.75) is 43.7 Å². The molecule has 9 heteroatoms. The molecular formula is C26H31N3O5S. The third kappa shape index (κ3) is 5.67. The minimum atomic E-state index is -3.92. The fraction of sp³-hybridized carbons (Fsp3) is 0.462. The van der Waals surface area contributed by atoms with E-state index in [0.717, 1.165) is 12.8 Å². The van der Waals surface area contributed by atoms with E-state index < -0.39 is 22.2 Å². The average molecular weight is 498 g/mol. The Morgan fingerprint density at radius 3 is 2.74 bits per heavy atom. The van der Waals surface area contributed by atoms with E-state index in [1.54, 1.807) is 50.5 Å². The molecule has 4 rings (SSSR count). The Hall–Kier alpha value is -2.93. The van der Waals surface area contributed by atoms with E-state index in [2.05, 4.69) is 16.8 Å². The Kier molecular flexibility index (Phi) is 7.45. The molecule has 1 aliphatic heterocycles. The zero-order valence-corrected chi connectivity index (χ0v) is 21.0. The van der Waals surface area contributed by atoms with Gasteiger partial charge in [-0.1, -0.05) is 24.8 Å². The van der Waals surface area contributed by atoms with Crippen LogP contribution in [0.5, 0.6) is 5.75 Å². The van der Waals surface area contributed by atoms with Crippen LogP contribution in [0.4, 0.5) is 0 Å². The Morgan fingerprint density at radius 2 is 2.09 bits per heavy atom. The molecule has 186 valence electrons. The molecule has 0 bridgehead atoms. The van der Waals surface area contributed by atoms with Gasteiger partial charge < -0.3 is 14.7 Å². The van der Waals surface area contributed by atoms with Crippen LogP contribution < -0.4 is 4.74 Å². The first kappa shape index (κ1) is 25.2. The van der Waals surface area contributed by atoms with Crippen molar-refractivity contribution in [3.05, 3.63) is 53.9 Å². The number of aromatic nitrogens is 1. The van der Waals surface area contributed by atoms with Gasteiger partial charge in [0.1, 0.15) is 22.4 Å². The number of aliphatic hydroxyl groups is 1. The zero-order valence-electron chi connectivity index (χ0n) is 20.2. The zero-order chi connectivity index (χ0) is 25.2. The number of hydrogen-bond donors (Lipinski definition) is 1. The van der Waals surface area contributed by atoms with Crippen LogP contribution in [0, 0.1) is 23.7 Å². The largest absolute Gasteiger partial charge is 0.487 e. The van der Waals surface area contributed by atoms with Gasteiger partial charge in [-0.25, -0.2) is 8.42 Å². The molecule has 1 fully saturated rings. The number of pyridine rings is 1. The highest BCUT2D eigenvalue weighted by Gasteiger charge is 2.38. The van der Waals surface area contributed by atoms with Gasteiger partial charge in [0, 0.05) is 43.2 Å². The van der Waals surface area contributed by atoms with E-state index in [-0.39, 0.29) is 42.2 Å². The van der Waals surface area contributed by atoms with Gasteiger partial charge in [0.25, 0.3) is 5.91 Å². The Balaban J connectivity index is 1.69. The lowest BCUT2D eigenvalue weighted by molar-refractivity contribution is 0.0559. The monoisotopic (exact) mass is 497 g/mol. The lowest BCUT2D eigenvalue weighted by Gasteiger charge is -2.37. The molecule has 8 nitrogen and oxygen atoms in total. The molecule has 2 heterocycles. The summed E-state index contributed by atoms with van der Waals surface area (Å²) in [5, 5.41) is 9.78. The Labute approximate surface area is 207 Å². The van der Waals surface area contributed by atoms with E-state index >= 15 is 0 Å². The number of ether oxygens (including phenoxy) is 1. The fourth-order valence-electron chi connectivity index (χ4n) is 3.97. The molecule has 35 heavy (non-hydrogen) atoms. The standard InChI is InChI=1S/C26H31N3O5S/c1-18-15-29(19(2)17-30)35(32,33)25-12-11-21(10-9-20-7-8-20)14-23(25)34-24(18)16-28(3)26(31)22-6-4-5-13-27-22/h4-6,11-14,18-20,24,30H,7-8,15-17H2,1-3H3/t18-,19+,24-/m1/s1. The summed E-state index contributed by atoms with van der Waals surface area (Å²) in [5.41, 5.74) is 1.00. The van der Waals surface area contributed by atoms with Gasteiger partial charge in [-0.15, -0.1) is 0 Å². The number of likely N-dealkylation sites (N-methyl/N-ethyl adjacent to an activating group) is 1. The Morgan fingerprint density at radius 1 is 1.31 bits per heavy atom. The van der Waals surface area contributed by atoms with Gasteiger partial charge >= 0.3 is 0 Å². The third-order valence-electron chi connectivity index (χ3n) is 6.35. The summed E-state index contributed by atoms with van der Waals surface area (Å²) in [6.45, 7) is 3.62. The van der Waals surface area contributed by atoms with Gasteiger partial charge in [0.15, 0.2) is 0 Å². The Bertz CT molecular complexity index is 1230. The van der Waals surface area contributed by atoms with E-state index in [0.29, 0.717) is 17.2 Å². The molecule has 1 amide bonds. The molecule has 1 saturated carbocycles. The average Bonchev–Trinajstić information content (AvgIpc) is 3.69. The molecule has 1 aromatic carbocycles. The molecular weight excluding hydrogens is 466 g/mol. The molecule has 1 aromatic heterocycles. The molecule has 2 aromatic rings. The fourth-order valence-corrected chi connectivity index (χ4v) is 5.80. The van der Waals surface area contributed by atoms with Crippen LogP contribution in [0.15, 0.2) is 47.5 Å². The summed E-state index contributed by atoms with van der Waals surface area (Å²) in [6, 6.07) is 9.41. The normalized spacial score (nSPS) is 22.4. The summed E-state index contributed by atoms with van der Waals surface area (Å²) in [5.74, 6) is 6.40. The van der Waals surface area contributed by atoms with Gasteiger partial charge in [-0.2, -0.15) is 4.31 Å². The third-order valence-corrected chi connectivity index (χ3v) is 8.37. The quantitative estimate of drug-likeness (QED) is 0.637. The number of aliphatic hydroxyl groups excluding tert-OH is 1. The second kappa shape index (κ2) is 10.4. The molecule has 2 aliphatic rings. The minimum absolute atomic E-state index is 0.0328. The maximum atomic E-state index is 13.6. The number of fused-ring (bicyclic) bond motifs is 1. The van der Waals surface area contributed by atoms with Crippen molar-refractivity contribution in [2.24, 2.45) is 11.8 Å². The number of hydrogen-bond acceptors (Lipinski definition) is 6. The van der Waals surface area contributed by atoms with Crippen molar-refractivity contribution in [3.63, 3.8) is 0 Å². The lowest BCUT2D eigenvalue weighted by atomic mass is 10.0. The van der Waals surface area contributed by atoms with E-state index in [4.69, 9.17) is 4.74 Å². The predicted octanol–water partition coefficient (Wildman–Crippen LogP) is 2.38. The second-order valence-electron chi connectivity index (χ2n) is 9.35. The molecule has 1 aliphatic carbocycles. The van der Waals surface area contributed by atoms with Crippen LogP contribution in [0.3, 0.4) is 0 Å². The molecule has 0 radical (unpaired) electrons. The van der Waals surface area contributed by atoms with Crippen LogP contribution >= 0.6 is 0 Å². The lowest BCUT2D eigenvalue weighted by Crippen LogP contribution is -2.50. The van der Waals surface area contributed by atoms with Gasteiger partial charge in [-0.05, 0) is 50.1 Å². The summed E-state index contributed by atoms with van der Waals surface area (Å²) in [4.78, 5) is 18.6. The molecule has 0 spiro atoms. The molecule has 1 N–H and O–H groups in total. The number of nitrogens with zero attached hydrogens (tertiary/aromatic N) is 3. The molecule has 3 atom stereocenters. The summed E-state index contributed by atoms with van der Waals surface area (Å²) >= 11 is 0. The molecule has 0 saturated heterocycles. The highest BCUT2D eigenvalue weighted by atomic mass is 32.2. The smallest absolute Gasteiger partial charge is 0.272 e. The number of benzene rings is 1. The van der Waals surface area contributed by atoms with Crippen molar-refractivity contribution >= 4 is 15.9 Å². The number of amides is 1. The topological polar surface area (TPSA) is 100 Å². The SMILES string of the molecule is C[C@@H]1CN([C@@H](C)CO)S(=O)(=O)c2ccc(C#CC3CC3)cc2O[C@@H]1CN(C)C(=O)c1ccccn1. The predicted molar refractivity (Wildman–Crippen MR) is 131 cm³/mol. The van der Waals surface area contributed by atoms with Crippen molar-refractivity contribution < 1.29 is 23.1 Å². The first-order valence-electron chi connectivity index (χ1n) is 11.8. The highest BCUT2D eigenvalue weighted by Crippen LogP contribution is 2.34. The van der Waals surface area contributed by atoms with E-state index in [1.165, 1.54) is 15.3 Å². The van der Waals surface area contributed by atoms with Crippen LogP contribution in [-0.2, 0) is 10.0 Å². The number of rotatable bonds is 5. The van der Waals surface area contributed by atoms with Crippen LogP contribution in [0.1, 0.15) is 42.7 Å². The number of sulfonamides is 1. The van der Waals surface area contributed by atoms with Crippen LogP contribution in [0.2, 0.25) is 0 Å². The minimum Gasteiger partial charge on any atom is -0.487 e. The van der Waals surface area contributed by atoms with Crippen molar-refractivity contribution in [1.29, 1.82) is 0 Å². The van der Waals surface area contributed by atoms with Gasteiger partial charge in [0.05, 0.1) is 13.2 Å². The summed E-state index contributed by atoms with van der Waals surface area (Å²) < 4.78 is 34.8. The van der Waals surface area contributed by atoms with Gasteiger partial charge in [-0.3, -0.25) is 9.78 Å². The van der Waals surface area contributed by atoms with Crippen molar-refractivity contribution in [3.8, 4) is 17.6 Å². The summed E-state index contributed by atoms with van der Waals surface area (Å²) in [7, 11) is -2.25. The van der Waals surface area contributed by atoms with Crippen molar-refractivity contribution in [1.82, 2.24) is 14.2 Å². The van der Waals surface area contributed by atoms with E-state index in [9.17, 15) is 18.3 Å². The highest BCUT2D eigenvalue weighted by molar-refractivity contribution is 7.89. The molecule has 0 unspecified atom stereocenters. The number of carbonyl (C=O) groups is 1. The van der Waals surface area contributed by atoms with Crippen LogP contribution in [0.25, 0.3) is 0 Å². The second-order valence-corrected chi connectivity index (χ2v) is 11.2. The maximum Gasteiger partial charge on any atom is 0.272 e. The first-order chi connectivity index (χ1) is 16.7. The first-order valence-corrected chi connectivity index (χ1v) is 13.3. The van der Waals surface area contributed by atoms with Crippen molar-refractivity contribution in [2.75, 3.05) is 26.7 Å². The maximum absolute atomic E-state index is 13.6. The summed E-state index contributed by atoms with van der Waals surface area (Å²) in [6.07, 6.45) is 3.25. The van der Waals surface area contributed by atoms with E-state index in [1.807, 2.05) is 6.92 Å². The van der Waals surface area contributed by atoms with Gasteiger partial charge in [0.2, 0.25) is 10.0 Å². The number of carbonyl (C=O) groups excluding carboxylic acids is 1. The van der Waals surface area contributed by atoms with Crippen LogP contribution in [-0.4, -0.2) is 72.5 Å².